The molecule has 6 aromatic rings. The minimum absolute atomic E-state index is 0.304. The Morgan fingerprint density at radius 1 is 0.829 bits per heavy atom. The van der Waals surface area contributed by atoms with Gasteiger partial charge in [-0.15, -0.1) is 10.2 Å². The lowest BCUT2D eigenvalue weighted by atomic mass is 10.2. The van der Waals surface area contributed by atoms with Crippen molar-refractivity contribution < 1.29 is 13.9 Å². The Labute approximate surface area is 203 Å². The van der Waals surface area contributed by atoms with Crippen LogP contribution in [0.3, 0.4) is 0 Å². The molecule has 0 aliphatic rings. The molecule has 6 rings (SSSR count). The summed E-state index contributed by atoms with van der Waals surface area (Å²) in [6.07, 6.45) is 0. The van der Waals surface area contributed by atoms with Crippen LogP contribution in [0, 0.1) is 0 Å². The molecule has 3 aromatic heterocycles. The largest absolute Gasteiger partial charge is 0.489 e. The second kappa shape index (κ2) is 9.03. The van der Waals surface area contributed by atoms with E-state index in [4.69, 9.17) is 25.5 Å². The molecule has 0 amide bonds. The molecule has 0 aliphatic heterocycles. The van der Waals surface area contributed by atoms with Crippen molar-refractivity contribution in [3.05, 3.63) is 89.1 Å². The van der Waals surface area contributed by atoms with Crippen molar-refractivity contribution >= 4 is 33.6 Å². The third-order valence-corrected chi connectivity index (χ3v) is 5.53. The van der Waals surface area contributed by atoms with Gasteiger partial charge in [0.15, 0.2) is 5.58 Å². The van der Waals surface area contributed by atoms with Crippen molar-refractivity contribution in [2.24, 2.45) is 0 Å². The fourth-order valence-corrected chi connectivity index (χ4v) is 3.76. The van der Waals surface area contributed by atoms with E-state index in [1.807, 2.05) is 72.8 Å². The van der Waals surface area contributed by atoms with Crippen LogP contribution < -0.4 is 9.47 Å². The number of nitrogens with one attached hydrogen (secondary N) is 1. The van der Waals surface area contributed by atoms with Gasteiger partial charge < -0.3 is 13.9 Å². The molecule has 0 radical (unpaired) electrons. The van der Waals surface area contributed by atoms with Crippen LogP contribution in [0.4, 0.5) is 0 Å². The zero-order chi connectivity index (χ0) is 23.6. The quantitative estimate of drug-likeness (QED) is 0.322. The molecule has 0 fully saturated rings. The van der Waals surface area contributed by atoms with E-state index in [2.05, 4.69) is 30.6 Å². The third-order valence-electron chi connectivity index (χ3n) is 5.30. The molecular weight excluding hydrogens is 468 g/mol. The minimum atomic E-state index is 0.304. The standard InChI is InChI=1S/C25H17ClN6O3/c26-17-7-5-16-6-8-18(27-22(16)11-17)14-34-20-3-1-2-19(12-20)33-13-15-4-9-21-23(10-15)35-25(28-21)24-29-31-32-30-24/h1-12H,13-14H2,(H,29,30,31,32). The maximum atomic E-state index is 6.08. The highest BCUT2D eigenvalue weighted by atomic mass is 35.5. The van der Waals surface area contributed by atoms with Gasteiger partial charge in [0.05, 0.1) is 11.2 Å². The number of aromatic nitrogens is 6. The van der Waals surface area contributed by atoms with E-state index >= 15 is 0 Å². The zero-order valence-corrected chi connectivity index (χ0v) is 18.9. The minimum Gasteiger partial charge on any atom is -0.489 e. The molecule has 1 N–H and O–H groups in total. The number of pyridine rings is 1. The number of nitrogens with zero attached hydrogens (tertiary/aromatic N) is 5. The summed E-state index contributed by atoms with van der Waals surface area (Å²) in [5.41, 5.74) is 3.90. The van der Waals surface area contributed by atoms with Gasteiger partial charge in [-0.05, 0) is 53.2 Å². The number of oxazole rings is 1. The average Bonchev–Trinajstić information content (AvgIpc) is 3.56. The molecule has 0 bridgehead atoms. The fourth-order valence-electron chi connectivity index (χ4n) is 3.60. The normalized spacial score (nSPS) is 11.2. The molecule has 3 aromatic carbocycles. The molecular formula is C25H17ClN6O3. The number of hydrogen-bond donors (Lipinski definition) is 1. The maximum absolute atomic E-state index is 6.08. The number of benzene rings is 3. The number of rotatable bonds is 7. The van der Waals surface area contributed by atoms with E-state index < -0.39 is 0 Å². The van der Waals surface area contributed by atoms with Crippen molar-refractivity contribution in [2.75, 3.05) is 0 Å². The van der Waals surface area contributed by atoms with Gasteiger partial charge in [-0.3, -0.25) is 0 Å². The predicted molar refractivity (Wildman–Crippen MR) is 129 cm³/mol. The van der Waals surface area contributed by atoms with E-state index in [1.54, 1.807) is 0 Å². The summed E-state index contributed by atoms with van der Waals surface area (Å²) in [7, 11) is 0. The predicted octanol–water partition coefficient (Wildman–Crippen LogP) is 5.37. The lowest BCUT2D eigenvalue weighted by Gasteiger charge is -2.10. The maximum Gasteiger partial charge on any atom is 0.269 e. The van der Waals surface area contributed by atoms with Crippen LogP contribution in [0.5, 0.6) is 11.5 Å². The summed E-state index contributed by atoms with van der Waals surface area (Å²) in [5, 5.41) is 15.4. The van der Waals surface area contributed by atoms with Crippen molar-refractivity contribution in [3.63, 3.8) is 0 Å². The Morgan fingerprint density at radius 3 is 2.54 bits per heavy atom. The Balaban J connectivity index is 1.11. The van der Waals surface area contributed by atoms with E-state index in [0.29, 0.717) is 52.6 Å². The summed E-state index contributed by atoms with van der Waals surface area (Å²) in [6, 6.07) is 22.8. The first-order chi connectivity index (χ1) is 17.2. The molecule has 0 saturated heterocycles. The molecule has 9 nitrogen and oxygen atoms in total. The number of ether oxygens (including phenoxy) is 2. The molecule has 0 spiro atoms. The first kappa shape index (κ1) is 21.1. The van der Waals surface area contributed by atoms with Gasteiger partial charge in [0, 0.05) is 16.5 Å². The van der Waals surface area contributed by atoms with E-state index in [0.717, 1.165) is 22.2 Å². The van der Waals surface area contributed by atoms with Gasteiger partial charge in [0.2, 0.25) is 0 Å². The first-order valence-electron chi connectivity index (χ1n) is 10.7. The number of halogens is 1. The van der Waals surface area contributed by atoms with Crippen LogP contribution >= 0.6 is 11.6 Å². The summed E-state index contributed by atoms with van der Waals surface area (Å²) >= 11 is 6.08. The third kappa shape index (κ3) is 4.62. The molecule has 0 atom stereocenters. The second-order valence-electron chi connectivity index (χ2n) is 7.75. The molecule has 10 heteroatoms. The SMILES string of the molecule is Clc1ccc2ccc(COc3cccc(OCc4ccc5nc(-c6nn[nH]n6)oc5c4)c3)nc2c1. The number of fused-ring (bicyclic) bond motifs is 2. The van der Waals surface area contributed by atoms with Crippen molar-refractivity contribution in [1.29, 1.82) is 0 Å². The monoisotopic (exact) mass is 484 g/mol. The molecule has 172 valence electrons. The number of hydrogen-bond acceptors (Lipinski definition) is 8. The second-order valence-corrected chi connectivity index (χ2v) is 8.18. The number of aromatic amines is 1. The van der Waals surface area contributed by atoms with Crippen molar-refractivity contribution in [1.82, 2.24) is 30.6 Å². The highest BCUT2D eigenvalue weighted by Crippen LogP contribution is 2.25. The summed E-state index contributed by atoms with van der Waals surface area (Å²) < 4.78 is 17.7. The van der Waals surface area contributed by atoms with Crippen molar-refractivity contribution in [2.45, 2.75) is 13.2 Å². The highest BCUT2D eigenvalue weighted by molar-refractivity contribution is 6.31. The van der Waals surface area contributed by atoms with E-state index in [-0.39, 0.29) is 0 Å². The van der Waals surface area contributed by atoms with E-state index in [1.165, 1.54) is 0 Å². The summed E-state index contributed by atoms with van der Waals surface area (Å²) in [5.74, 6) is 1.98. The molecule has 0 aliphatic carbocycles. The topological polar surface area (TPSA) is 112 Å². The number of tetrazole rings is 1. The molecule has 0 saturated carbocycles. The zero-order valence-electron chi connectivity index (χ0n) is 18.2. The fraction of sp³-hybridized carbons (Fsp3) is 0.0800. The summed E-state index contributed by atoms with van der Waals surface area (Å²) in [6.45, 7) is 0.682. The number of H-pyrrole nitrogens is 1. The van der Waals surface area contributed by atoms with Crippen LogP contribution in [-0.2, 0) is 13.2 Å². The van der Waals surface area contributed by atoms with Crippen molar-refractivity contribution in [3.8, 4) is 23.2 Å². The van der Waals surface area contributed by atoms with Crippen LogP contribution in [0.2, 0.25) is 5.02 Å². The van der Waals surface area contributed by atoms with Crippen LogP contribution in [0.1, 0.15) is 11.3 Å². The molecule has 35 heavy (non-hydrogen) atoms. The first-order valence-corrected chi connectivity index (χ1v) is 11.1. The summed E-state index contributed by atoms with van der Waals surface area (Å²) in [4.78, 5) is 9.00. The Kier molecular flexibility index (Phi) is 5.44. The van der Waals surface area contributed by atoms with Gasteiger partial charge >= 0.3 is 0 Å². The molecule has 0 unspecified atom stereocenters. The smallest absolute Gasteiger partial charge is 0.269 e. The Hall–Kier alpha value is -4.50. The van der Waals surface area contributed by atoms with Crippen LogP contribution in [-0.4, -0.2) is 30.6 Å². The lowest BCUT2D eigenvalue weighted by Crippen LogP contribution is -1.99. The lowest BCUT2D eigenvalue weighted by molar-refractivity contribution is 0.288. The molecule has 3 heterocycles. The van der Waals surface area contributed by atoms with Gasteiger partial charge in [-0.1, -0.05) is 35.9 Å². The van der Waals surface area contributed by atoms with Crippen LogP contribution in [0.15, 0.2) is 77.2 Å². The Bertz CT molecular complexity index is 1630. The average molecular weight is 485 g/mol. The Morgan fingerprint density at radius 2 is 1.69 bits per heavy atom. The highest BCUT2D eigenvalue weighted by Gasteiger charge is 2.12. The van der Waals surface area contributed by atoms with Gasteiger partial charge in [-0.25, -0.2) is 9.97 Å². The van der Waals surface area contributed by atoms with Gasteiger partial charge in [0.25, 0.3) is 11.7 Å². The van der Waals surface area contributed by atoms with Gasteiger partial charge in [0.1, 0.15) is 30.2 Å². The van der Waals surface area contributed by atoms with Crippen LogP contribution in [0.25, 0.3) is 33.7 Å². The van der Waals surface area contributed by atoms with E-state index in [9.17, 15) is 0 Å². The van der Waals surface area contributed by atoms with Gasteiger partial charge in [-0.2, -0.15) is 5.21 Å².